The van der Waals surface area contributed by atoms with Gasteiger partial charge in [0.25, 0.3) is 0 Å². The molecule has 0 spiro atoms. The average molecular weight is 350 g/mol. The number of rotatable bonds is 6. The van der Waals surface area contributed by atoms with E-state index in [-0.39, 0.29) is 11.7 Å². The van der Waals surface area contributed by atoms with Gasteiger partial charge in [-0.3, -0.25) is 9.78 Å². The van der Waals surface area contributed by atoms with Gasteiger partial charge >= 0.3 is 0 Å². The monoisotopic (exact) mass is 350 g/mol. The van der Waals surface area contributed by atoms with Gasteiger partial charge in [0.05, 0.1) is 17.3 Å². The molecule has 0 aliphatic rings. The number of halogens is 1. The molecule has 3 rings (SSSR count). The zero-order valence-electron chi connectivity index (χ0n) is 15.1. The minimum absolute atomic E-state index is 0.0410. The first-order chi connectivity index (χ1) is 12.5. The second kappa shape index (κ2) is 7.65. The fourth-order valence-electron chi connectivity index (χ4n) is 3.35. The summed E-state index contributed by atoms with van der Waals surface area (Å²) in [6.45, 7) is 4.07. The smallest absolute Gasteiger partial charge is 0.230 e. The van der Waals surface area contributed by atoms with Crippen molar-refractivity contribution in [3.05, 3.63) is 72.2 Å². The normalized spacial score (nSPS) is 13.3. The third-order valence-electron chi connectivity index (χ3n) is 4.71. The highest BCUT2D eigenvalue weighted by Crippen LogP contribution is 2.30. The molecule has 0 saturated carbocycles. The predicted octanol–water partition coefficient (Wildman–Crippen LogP) is 5.36. The first-order valence-electron chi connectivity index (χ1n) is 8.91. The van der Waals surface area contributed by atoms with Crippen LogP contribution in [-0.2, 0) is 11.2 Å². The highest BCUT2D eigenvalue weighted by Gasteiger charge is 2.32. The number of fused-ring (bicyclic) bond motifs is 1. The number of para-hydroxylation sites is 1. The number of pyridine rings is 1. The summed E-state index contributed by atoms with van der Waals surface area (Å²) in [5.41, 5.74) is 1.51. The summed E-state index contributed by atoms with van der Waals surface area (Å²) in [5, 5.41) is 3.64. The maximum Gasteiger partial charge on any atom is 0.230 e. The molecular weight excluding hydrogens is 327 g/mol. The van der Waals surface area contributed by atoms with Crippen molar-refractivity contribution in [1.29, 1.82) is 0 Å². The lowest BCUT2D eigenvalue weighted by Crippen LogP contribution is -2.35. The summed E-state index contributed by atoms with van der Waals surface area (Å²) in [4.78, 5) is 17.2. The van der Waals surface area contributed by atoms with Crippen LogP contribution >= 0.6 is 0 Å². The van der Waals surface area contributed by atoms with Crippen molar-refractivity contribution in [3.63, 3.8) is 0 Å². The van der Waals surface area contributed by atoms with E-state index in [2.05, 4.69) is 17.2 Å². The Morgan fingerprint density at radius 3 is 2.65 bits per heavy atom. The predicted molar refractivity (Wildman–Crippen MR) is 103 cm³/mol. The molecule has 0 saturated heterocycles. The van der Waals surface area contributed by atoms with E-state index in [0.717, 1.165) is 18.4 Å². The van der Waals surface area contributed by atoms with Gasteiger partial charge in [0, 0.05) is 5.39 Å². The van der Waals surface area contributed by atoms with Crippen LogP contribution in [0.4, 0.5) is 10.1 Å². The molecule has 1 heterocycles. The van der Waals surface area contributed by atoms with Crippen LogP contribution in [0.3, 0.4) is 0 Å². The summed E-state index contributed by atoms with van der Waals surface area (Å²) in [5.74, 6) is -0.402. The number of nitrogens with one attached hydrogen (secondary N) is 1. The van der Waals surface area contributed by atoms with E-state index in [9.17, 15) is 9.18 Å². The van der Waals surface area contributed by atoms with Crippen molar-refractivity contribution in [3.8, 4) is 0 Å². The van der Waals surface area contributed by atoms with Crippen molar-refractivity contribution in [2.45, 2.75) is 33.1 Å². The SMILES string of the molecule is CCCC(C)(Cc1ccccc1)C(=O)Nc1cnc2c(F)cccc2c1. The van der Waals surface area contributed by atoms with Crippen molar-refractivity contribution in [1.82, 2.24) is 4.98 Å². The molecule has 4 heteroatoms. The summed E-state index contributed by atoms with van der Waals surface area (Å²) in [6, 6.07) is 16.6. The Bertz CT molecular complexity index is 910. The van der Waals surface area contributed by atoms with Gasteiger partial charge in [-0.25, -0.2) is 4.39 Å². The van der Waals surface area contributed by atoms with E-state index in [1.807, 2.05) is 37.3 Å². The molecule has 1 amide bonds. The summed E-state index contributed by atoms with van der Waals surface area (Å²) >= 11 is 0. The maximum atomic E-state index is 13.8. The third-order valence-corrected chi connectivity index (χ3v) is 4.71. The lowest BCUT2D eigenvalue weighted by Gasteiger charge is -2.28. The summed E-state index contributed by atoms with van der Waals surface area (Å²) < 4.78 is 13.8. The van der Waals surface area contributed by atoms with E-state index in [1.165, 1.54) is 12.3 Å². The summed E-state index contributed by atoms with van der Waals surface area (Å²) in [7, 11) is 0. The van der Waals surface area contributed by atoms with Gasteiger partial charge in [0.1, 0.15) is 11.3 Å². The molecule has 3 aromatic rings. The third kappa shape index (κ3) is 3.90. The Kier molecular flexibility index (Phi) is 5.31. The lowest BCUT2D eigenvalue weighted by molar-refractivity contribution is -0.125. The molecule has 0 aliphatic heterocycles. The van der Waals surface area contributed by atoms with Crippen LogP contribution < -0.4 is 5.32 Å². The first-order valence-corrected chi connectivity index (χ1v) is 8.91. The number of carbonyl (C=O) groups excluding carboxylic acids is 1. The van der Waals surface area contributed by atoms with E-state index in [0.29, 0.717) is 23.0 Å². The van der Waals surface area contributed by atoms with Gasteiger partial charge < -0.3 is 5.32 Å². The number of carbonyl (C=O) groups is 1. The van der Waals surface area contributed by atoms with Crippen molar-refractivity contribution in [2.24, 2.45) is 5.41 Å². The standard InChI is InChI=1S/C22H23FN2O/c1-3-12-22(2,14-16-8-5-4-6-9-16)21(26)25-18-13-17-10-7-11-19(23)20(17)24-15-18/h4-11,13,15H,3,12,14H2,1-2H3,(H,25,26). The number of aromatic nitrogens is 1. The number of nitrogens with zero attached hydrogens (tertiary/aromatic N) is 1. The number of amides is 1. The topological polar surface area (TPSA) is 42.0 Å². The fourth-order valence-corrected chi connectivity index (χ4v) is 3.35. The molecular formula is C22H23FN2O. The maximum absolute atomic E-state index is 13.8. The Hall–Kier alpha value is -2.75. The Morgan fingerprint density at radius 1 is 1.15 bits per heavy atom. The molecule has 1 aromatic heterocycles. The molecule has 26 heavy (non-hydrogen) atoms. The molecule has 3 nitrogen and oxygen atoms in total. The second-order valence-corrected chi connectivity index (χ2v) is 6.96. The molecule has 0 bridgehead atoms. The molecule has 0 radical (unpaired) electrons. The minimum Gasteiger partial charge on any atom is -0.324 e. The van der Waals surface area contributed by atoms with Gasteiger partial charge in [-0.05, 0) is 30.5 Å². The van der Waals surface area contributed by atoms with Crippen LogP contribution in [0, 0.1) is 11.2 Å². The van der Waals surface area contributed by atoms with Crippen molar-refractivity contribution in [2.75, 3.05) is 5.32 Å². The number of hydrogen-bond donors (Lipinski definition) is 1. The van der Waals surface area contributed by atoms with Gasteiger partial charge in [-0.2, -0.15) is 0 Å². The number of benzene rings is 2. The van der Waals surface area contributed by atoms with Crippen LogP contribution in [0.25, 0.3) is 10.9 Å². The van der Waals surface area contributed by atoms with Crippen molar-refractivity contribution < 1.29 is 9.18 Å². The van der Waals surface area contributed by atoms with Gasteiger partial charge in [-0.15, -0.1) is 0 Å². The average Bonchev–Trinajstić information content (AvgIpc) is 2.63. The molecule has 1 N–H and O–H groups in total. The Morgan fingerprint density at radius 2 is 1.92 bits per heavy atom. The van der Waals surface area contributed by atoms with Crippen LogP contribution in [0.15, 0.2) is 60.8 Å². The van der Waals surface area contributed by atoms with Gasteiger partial charge in [-0.1, -0.05) is 62.7 Å². The molecule has 1 atom stereocenters. The van der Waals surface area contributed by atoms with Crippen molar-refractivity contribution >= 4 is 22.5 Å². The minimum atomic E-state index is -0.521. The molecule has 2 aromatic carbocycles. The molecule has 0 fully saturated rings. The lowest BCUT2D eigenvalue weighted by atomic mass is 9.79. The van der Waals surface area contributed by atoms with Crippen LogP contribution in [0.2, 0.25) is 0 Å². The van der Waals surface area contributed by atoms with E-state index < -0.39 is 5.41 Å². The zero-order chi connectivity index (χ0) is 18.6. The summed E-state index contributed by atoms with van der Waals surface area (Å²) in [6.07, 6.45) is 3.88. The van der Waals surface area contributed by atoms with Gasteiger partial charge in [0.2, 0.25) is 5.91 Å². The first kappa shape index (κ1) is 18.1. The molecule has 1 unspecified atom stereocenters. The fraction of sp³-hybridized carbons (Fsp3) is 0.273. The molecule has 134 valence electrons. The molecule has 0 aliphatic carbocycles. The quantitative estimate of drug-likeness (QED) is 0.650. The van der Waals surface area contributed by atoms with E-state index in [4.69, 9.17) is 0 Å². The second-order valence-electron chi connectivity index (χ2n) is 6.96. The van der Waals surface area contributed by atoms with E-state index in [1.54, 1.807) is 18.2 Å². The van der Waals surface area contributed by atoms with Crippen LogP contribution in [0.1, 0.15) is 32.3 Å². The van der Waals surface area contributed by atoms with Crippen LogP contribution in [0.5, 0.6) is 0 Å². The van der Waals surface area contributed by atoms with Gasteiger partial charge in [0.15, 0.2) is 0 Å². The highest BCUT2D eigenvalue weighted by atomic mass is 19.1. The Labute approximate surface area is 153 Å². The number of anilines is 1. The Balaban J connectivity index is 1.83. The largest absolute Gasteiger partial charge is 0.324 e. The number of hydrogen-bond acceptors (Lipinski definition) is 2. The zero-order valence-corrected chi connectivity index (χ0v) is 15.1. The van der Waals surface area contributed by atoms with E-state index >= 15 is 0 Å². The van der Waals surface area contributed by atoms with Crippen LogP contribution in [-0.4, -0.2) is 10.9 Å². The highest BCUT2D eigenvalue weighted by molar-refractivity contribution is 5.96.